The van der Waals surface area contributed by atoms with Crippen molar-refractivity contribution in [1.29, 1.82) is 0 Å². The molecule has 252 valence electrons. The van der Waals surface area contributed by atoms with Crippen LogP contribution in [-0.4, -0.2) is 109 Å². The van der Waals surface area contributed by atoms with Gasteiger partial charge in [-0.1, -0.05) is 14.9 Å². The first-order valence-corrected chi connectivity index (χ1v) is 13.8. The van der Waals surface area contributed by atoms with Gasteiger partial charge in [-0.15, -0.1) is 0 Å². The lowest BCUT2D eigenvalue weighted by molar-refractivity contribution is -0.121. The second-order valence-electron chi connectivity index (χ2n) is 12.7. The largest absolute Gasteiger partial charge is 0.444 e. The van der Waals surface area contributed by atoms with E-state index < -0.39 is 11.2 Å². The fraction of sp³-hybridized carbons (Fsp3) is 0.867. The first kappa shape index (κ1) is 46.4. The molecule has 0 aromatic heterocycles. The summed E-state index contributed by atoms with van der Waals surface area (Å²) in [7, 11) is 4.82. The lowest BCUT2D eigenvalue weighted by atomic mass is 10.1. The molecule has 0 aliphatic carbocycles. The highest BCUT2D eigenvalue weighted by molar-refractivity contribution is 5.81. The lowest BCUT2D eigenvalue weighted by Gasteiger charge is -2.32. The van der Waals surface area contributed by atoms with E-state index in [4.69, 9.17) is 19.9 Å². The number of ether oxygens (including phenoxy) is 3. The normalized spacial score (nSPS) is 15.3. The minimum absolute atomic E-state index is 0. The number of amides is 3. The Kier molecular flexibility index (Phi) is 23.3. The monoisotopic (exact) mass is 607 g/mol. The van der Waals surface area contributed by atoms with Crippen LogP contribution in [0.5, 0.6) is 0 Å². The Hall–Kier alpha value is -2.60. The summed E-state index contributed by atoms with van der Waals surface area (Å²) >= 11 is 0. The molecule has 42 heavy (non-hydrogen) atoms. The molecular formula is C30H65N5O7. The number of rotatable bonds is 0. The third-order valence-corrected chi connectivity index (χ3v) is 4.92. The number of carbonyl (C=O) groups excluding carboxylic acids is 4. The molecule has 12 nitrogen and oxygen atoms in total. The van der Waals surface area contributed by atoms with Crippen LogP contribution in [0.1, 0.15) is 103 Å². The molecule has 0 saturated carbocycles. The maximum absolute atomic E-state index is 11.6. The SMILES string of the molecule is C.C.CC(C)(C)OC(=O)N1CCC(=O)CC1.CC(C)(C)OC(=O)N1CCC(N)CC1.CN.CN(C)C(=O)OC(C)(C)C. The van der Waals surface area contributed by atoms with Gasteiger partial charge in [0.25, 0.3) is 0 Å². The zero-order valence-electron chi connectivity index (χ0n) is 27.1. The van der Waals surface area contributed by atoms with Gasteiger partial charge in [0.2, 0.25) is 0 Å². The van der Waals surface area contributed by atoms with E-state index in [1.54, 1.807) is 23.9 Å². The van der Waals surface area contributed by atoms with Crippen LogP contribution >= 0.6 is 0 Å². The van der Waals surface area contributed by atoms with E-state index >= 15 is 0 Å². The zero-order valence-corrected chi connectivity index (χ0v) is 27.1. The van der Waals surface area contributed by atoms with Crippen molar-refractivity contribution in [2.45, 2.75) is 126 Å². The van der Waals surface area contributed by atoms with Crippen LogP contribution in [0.2, 0.25) is 0 Å². The second kappa shape index (κ2) is 21.1. The van der Waals surface area contributed by atoms with Gasteiger partial charge in [-0.2, -0.15) is 0 Å². The molecule has 2 saturated heterocycles. The third-order valence-electron chi connectivity index (χ3n) is 4.92. The highest BCUT2D eigenvalue weighted by atomic mass is 16.6. The molecule has 2 heterocycles. The predicted octanol–water partition coefficient (Wildman–Crippen LogP) is 5.26. The maximum Gasteiger partial charge on any atom is 0.410 e. The van der Waals surface area contributed by atoms with Crippen LogP contribution in [-0.2, 0) is 19.0 Å². The van der Waals surface area contributed by atoms with Gasteiger partial charge in [-0.25, -0.2) is 14.4 Å². The van der Waals surface area contributed by atoms with E-state index in [1.165, 1.54) is 11.9 Å². The Morgan fingerprint density at radius 3 is 1.26 bits per heavy atom. The summed E-state index contributed by atoms with van der Waals surface area (Å²) in [4.78, 5) is 49.6. The van der Waals surface area contributed by atoms with E-state index in [0.29, 0.717) is 25.9 Å². The quantitative estimate of drug-likeness (QED) is 0.350. The Bertz CT molecular complexity index is 766. The number of nitrogens with zero attached hydrogens (tertiary/aromatic N) is 3. The molecule has 2 aliphatic rings. The minimum atomic E-state index is -0.460. The molecule has 0 aromatic rings. The van der Waals surface area contributed by atoms with E-state index in [-0.39, 0.29) is 50.6 Å². The van der Waals surface area contributed by atoms with Gasteiger partial charge in [-0.05, 0) is 82.2 Å². The lowest BCUT2D eigenvalue weighted by Crippen LogP contribution is -2.44. The fourth-order valence-corrected chi connectivity index (χ4v) is 3.03. The Labute approximate surface area is 256 Å². The van der Waals surface area contributed by atoms with Gasteiger partial charge in [0.1, 0.15) is 22.6 Å². The highest BCUT2D eigenvalue weighted by Gasteiger charge is 2.26. The van der Waals surface area contributed by atoms with E-state index in [2.05, 4.69) is 5.73 Å². The van der Waals surface area contributed by atoms with Crippen LogP contribution in [0.25, 0.3) is 0 Å². The molecule has 2 fully saturated rings. The number of piperidine rings is 2. The molecule has 2 rings (SSSR count). The molecule has 0 atom stereocenters. The first-order chi connectivity index (χ1) is 18.1. The maximum atomic E-state index is 11.6. The molecule has 0 aromatic carbocycles. The number of carbonyl (C=O) groups is 4. The topological polar surface area (TPSA) is 158 Å². The van der Waals surface area contributed by atoms with Crippen molar-refractivity contribution in [2.24, 2.45) is 11.5 Å². The summed E-state index contributed by atoms with van der Waals surface area (Å²) in [6.45, 7) is 19.1. The average Bonchev–Trinajstić information content (AvgIpc) is 2.79. The first-order valence-electron chi connectivity index (χ1n) is 13.8. The Balaban J connectivity index is -0.000000248. The third kappa shape index (κ3) is 25.1. The molecule has 12 heteroatoms. The second-order valence-corrected chi connectivity index (χ2v) is 12.7. The summed E-state index contributed by atoms with van der Waals surface area (Å²) in [6, 6.07) is 0.244. The summed E-state index contributed by atoms with van der Waals surface area (Å²) in [5.74, 6) is 0.227. The number of ketones is 1. The van der Waals surface area contributed by atoms with Gasteiger partial charge in [0, 0.05) is 59.2 Å². The Morgan fingerprint density at radius 1 is 0.690 bits per heavy atom. The van der Waals surface area contributed by atoms with Crippen LogP contribution in [0, 0.1) is 0 Å². The number of hydrogen-bond acceptors (Lipinski definition) is 9. The number of likely N-dealkylation sites (tertiary alicyclic amines) is 2. The van der Waals surface area contributed by atoms with Crippen molar-refractivity contribution >= 4 is 24.1 Å². The van der Waals surface area contributed by atoms with E-state index in [0.717, 1.165) is 25.9 Å². The molecule has 0 unspecified atom stereocenters. The molecule has 0 radical (unpaired) electrons. The number of hydrogen-bond donors (Lipinski definition) is 2. The van der Waals surface area contributed by atoms with Crippen molar-refractivity contribution in [2.75, 3.05) is 47.3 Å². The molecule has 3 amide bonds. The zero-order chi connectivity index (χ0) is 31.9. The predicted molar refractivity (Wildman–Crippen MR) is 171 cm³/mol. The van der Waals surface area contributed by atoms with Crippen LogP contribution in [0.15, 0.2) is 0 Å². The van der Waals surface area contributed by atoms with Crippen molar-refractivity contribution < 1.29 is 33.4 Å². The van der Waals surface area contributed by atoms with Gasteiger partial charge in [0.15, 0.2) is 0 Å². The van der Waals surface area contributed by atoms with Crippen molar-refractivity contribution in [3.05, 3.63) is 0 Å². The minimum Gasteiger partial charge on any atom is -0.444 e. The number of nitrogens with two attached hydrogens (primary N) is 2. The molecule has 0 spiro atoms. The number of Topliss-reactive ketones (excluding diaryl/α,β-unsaturated/α-hetero) is 1. The fourth-order valence-electron chi connectivity index (χ4n) is 3.03. The molecular weight excluding hydrogens is 542 g/mol. The Morgan fingerprint density at radius 2 is 1.00 bits per heavy atom. The van der Waals surface area contributed by atoms with Crippen LogP contribution in [0.4, 0.5) is 14.4 Å². The van der Waals surface area contributed by atoms with E-state index in [1.807, 2.05) is 62.3 Å². The van der Waals surface area contributed by atoms with Crippen molar-refractivity contribution in [1.82, 2.24) is 14.7 Å². The average molecular weight is 608 g/mol. The molecule has 0 bridgehead atoms. The van der Waals surface area contributed by atoms with Gasteiger partial charge >= 0.3 is 18.3 Å². The van der Waals surface area contributed by atoms with Gasteiger partial charge in [0.05, 0.1) is 0 Å². The van der Waals surface area contributed by atoms with E-state index in [9.17, 15) is 19.2 Å². The van der Waals surface area contributed by atoms with Crippen LogP contribution < -0.4 is 11.5 Å². The summed E-state index contributed by atoms with van der Waals surface area (Å²) < 4.78 is 15.4. The van der Waals surface area contributed by atoms with Gasteiger partial charge < -0.3 is 40.4 Å². The van der Waals surface area contributed by atoms with Crippen molar-refractivity contribution in [3.8, 4) is 0 Å². The summed E-state index contributed by atoms with van der Waals surface area (Å²) in [6.07, 6.45) is 1.83. The summed E-state index contributed by atoms with van der Waals surface area (Å²) in [5, 5.41) is 0. The summed E-state index contributed by atoms with van der Waals surface area (Å²) in [5.41, 5.74) is 8.99. The van der Waals surface area contributed by atoms with Crippen LogP contribution in [0.3, 0.4) is 0 Å². The highest BCUT2D eigenvalue weighted by Crippen LogP contribution is 2.15. The van der Waals surface area contributed by atoms with Gasteiger partial charge in [-0.3, -0.25) is 4.79 Å². The molecule has 2 aliphatic heterocycles. The smallest absolute Gasteiger partial charge is 0.410 e. The molecule has 4 N–H and O–H groups in total. The van der Waals surface area contributed by atoms with Crippen molar-refractivity contribution in [3.63, 3.8) is 0 Å². The standard InChI is InChI=1S/C10H20N2O2.C10H17NO3.C7H15NO2.CH5N.2CH4/c1-10(2,3)14-9(13)12-6-4-8(11)5-7-12;1-10(2,3)14-9(13)11-6-4-8(12)5-7-11;1-7(2,3)10-6(9)8(4)5;1-2;;/h8H,4-7,11H2,1-3H3;4-7H2,1-3H3;1-5H3;2H2,1H3;2*1H4.